The van der Waals surface area contributed by atoms with Crippen LogP contribution in [0.5, 0.6) is 11.5 Å². The summed E-state index contributed by atoms with van der Waals surface area (Å²) >= 11 is 6.23. The van der Waals surface area contributed by atoms with Gasteiger partial charge in [0.15, 0.2) is 11.5 Å². The minimum atomic E-state index is -0.829. The van der Waals surface area contributed by atoms with Crippen LogP contribution < -0.4 is 14.8 Å². The first-order chi connectivity index (χ1) is 8.80. The number of ether oxygens (including phenoxy) is 2. The van der Waals surface area contributed by atoms with Gasteiger partial charge in [0.2, 0.25) is 5.91 Å². The molecule has 0 aliphatic carbocycles. The standard InChI is InChI=1S/C14H20ClNO3/c1-14(2,3)16-13(17)11(15)9-7-6-8-10(18-4)12(9)19-5/h6-8,11H,1-5H3,(H,16,17). The second kappa shape index (κ2) is 6.15. The van der Waals surface area contributed by atoms with Gasteiger partial charge < -0.3 is 14.8 Å². The Labute approximate surface area is 119 Å². The van der Waals surface area contributed by atoms with Crippen LogP contribution in [0.1, 0.15) is 31.7 Å². The minimum absolute atomic E-state index is 0.263. The molecule has 0 saturated carbocycles. The maximum atomic E-state index is 12.1. The van der Waals surface area contributed by atoms with Crippen LogP contribution in [0.3, 0.4) is 0 Å². The third-order valence-electron chi connectivity index (χ3n) is 2.43. The molecular formula is C14H20ClNO3. The van der Waals surface area contributed by atoms with E-state index in [2.05, 4.69) is 5.32 Å². The molecule has 0 aliphatic heterocycles. The molecule has 0 heterocycles. The zero-order valence-corrected chi connectivity index (χ0v) is 12.7. The number of hydrogen-bond donors (Lipinski definition) is 1. The Morgan fingerprint density at radius 1 is 1.26 bits per heavy atom. The van der Waals surface area contributed by atoms with Crippen LogP contribution in [0.15, 0.2) is 18.2 Å². The molecule has 1 amide bonds. The van der Waals surface area contributed by atoms with Crippen molar-refractivity contribution in [3.8, 4) is 11.5 Å². The van der Waals surface area contributed by atoms with Gasteiger partial charge in [-0.2, -0.15) is 0 Å². The zero-order valence-electron chi connectivity index (χ0n) is 11.9. The van der Waals surface area contributed by atoms with Gasteiger partial charge in [0.1, 0.15) is 5.38 Å². The van der Waals surface area contributed by atoms with Crippen molar-refractivity contribution < 1.29 is 14.3 Å². The molecule has 1 atom stereocenters. The van der Waals surface area contributed by atoms with Crippen molar-refractivity contribution in [1.82, 2.24) is 5.32 Å². The number of hydrogen-bond acceptors (Lipinski definition) is 3. The maximum Gasteiger partial charge on any atom is 0.243 e. The number of benzene rings is 1. The maximum absolute atomic E-state index is 12.1. The van der Waals surface area contributed by atoms with Crippen molar-refractivity contribution in [2.24, 2.45) is 0 Å². The lowest BCUT2D eigenvalue weighted by Crippen LogP contribution is -2.42. The molecule has 1 N–H and O–H groups in total. The van der Waals surface area contributed by atoms with Crippen molar-refractivity contribution in [2.75, 3.05) is 14.2 Å². The average molecular weight is 286 g/mol. The number of amides is 1. The van der Waals surface area contributed by atoms with Gasteiger partial charge in [-0.3, -0.25) is 4.79 Å². The number of carbonyl (C=O) groups is 1. The number of alkyl halides is 1. The van der Waals surface area contributed by atoms with E-state index in [0.717, 1.165) is 0 Å². The third kappa shape index (κ3) is 4.03. The number of nitrogens with one attached hydrogen (secondary N) is 1. The first kappa shape index (κ1) is 15.6. The first-order valence-corrected chi connectivity index (χ1v) is 6.40. The highest BCUT2D eigenvalue weighted by molar-refractivity contribution is 6.31. The number of methoxy groups -OCH3 is 2. The van der Waals surface area contributed by atoms with Gasteiger partial charge in [-0.25, -0.2) is 0 Å². The van der Waals surface area contributed by atoms with Gasteiger partial charge in [0.05, 0.1) is 14.2 Å². The second-order valence-electron chi connectivity index (χ2n) is 5.18. The number of carbonyl (C=O) groups excluding carboxylic acids is 1. The summed E-state index contributed by atoms with van der Waals surface area (Å²) in [5.41, 5.74) is 0.251. The van der Waals surface area contributed by atoms with Gasteiger partial charge in [-0.1, -0.05) is 12.1 Å². The lowest BCUT2D eigenvalue weighted by atomic mass is 10.1. The highest BCUT2D eigenvalue weighted by Gasteiger charge is 2.26. The molecule has 0 fully saturated rings. The molecule has 19 heavy (non-hydrogen) atoms. The van der Waals surface area contributed by atoms with Crippen LogP contribution in [-0.2, 0) is 4.79 Å². The highest BCUT2D eigenvalue weighted by atomic mass is 35.5. The second-order valence-corrected chi connectivity index (χ2v) is 5.62. The van der Waals surface area contributed by atoms with E-state index >= 15 is 0 Å². The molecule has 0 aromatic heterocycles. The lowest BCUT2D eigenvalue weighted by Gasteiger charge is -2.23. The summed E-state index contributed by atoms with van der Waals surface area (Å²) in [6, 6.07) is 5.28. The Kier molecular flexibility index (Phi) is 5.06. The molecular weight excluding hydrogens is 266 g/mol. The van der Waals surface area contributed by atoms with E-state index in [0.29, 0.717) is 17.1 Å². The molecule has 0 spiro atoms. The Bertz CT molecular complexity index is 454. The average Bonchev–Trinajstić information content (AvgIpc) is 2.34. The molecule has 0 saturated heterocycles. The molecule has 0 radical (unpaired) electrons. The quantitative estimate of drug-likeness (QED) is 0.866. The van der Waals surface area contributed by atoms with Crippen LogP contribution in [0.25, 0.3) is 0 Å². The molecule has 106 valence electrons. The summed E-state index contributed by atoms with van der Waals surface area (Å²) < 4.78 is 10.5. The zero-order chi connectivity index (χ0) is 14.6. The van der Waals surface area contributed by atoms with Crippen LogP contribution >= 0.6 is 11.6 Å². The van der Waals surface area contributed by atoms with Crippen molar-refractivity contribution in [3.63, 3.8) is 0 Å². The fourth-order valence-electron chi connectivity index (χ4n) is 1.69. The van der Waals surface area contributed by atoms with Crippen LogP contribution in [0.4, 0.5) is 0 Å². The largest absolute Gasteiger partial charge is 0.493 e. The van der Waals surface area contributed by atoms with Gasteiger partial charge in [-0.05, 0) is 26.8 Å². The van der Waals surface area contributed by atoms with Gasteiger partial charge in [0.25, 0.3) is 0 Å². The SMILES string of the molecule is COc1cccc(C(Cl)C(=O)NC(C)(C)C)c1OC. The van der Waals surface area contributed by atoms with Crippen LogP contribution in [0, 0.1) is 0 Å². The van der Waals surface area contributed by atoms with E-state index in [-0.39, 0.29) is 11.4 Å². The number of rotatable bonds is 4. The topological polar surface area (TPSA) is 47.6 Å². The van der Waals surface area contributed by atoms with E-state index in [1.54, 1.807) is 25.3 Å². The fraction of sp³-hybridized carbons (Fsp3) is 0.500. The van der Waals surface area contributed by atoms with Crippen molar-refractivity contribution >= 4 is 17.5 Å². The molecule has 0 bridgehead atoms. The van der Waals surface area contributed by atoms with Gasteiger partial charge >= 0.3 is 0 Å². The smallest absolute Gasteiger partial charge is 0.243 e. The van der Waals surface area contributed by atoms with E-state index in [4.69, 9.17) is 21.1 Å². The van der Waals surface area contributed by atoms with Crippen molar-refractivity contribution in [1.29, 1.82) is 0 Å². The molecule has 1 aromatic carbocycles. The molecule has 1 rings (SSSR count). The predicted octanol–water partition coefficient (Wildman–Crippen LogP) is 2.90. The Morgan fingerprint density at radius 2 is 1.89 bits per heavy atom. The van der Waals surface area contributed by atoms with Gasteiger partial charge in [0, 0.05) is 11.1 Å². The lowest BCUT2D eigenvalue weighted by molar-refractivity contribution is -0.122. The summed E-state index contributed by atoms with van der Waals surface area (Å²) in [5.74, 6) is 0.768. The summed E-state index contributed by atoms with van der Waals surface area (Å²) in [4.78, 5) is 12.1. The Balaban J connectivity index is 3.05. The summed E-state index contributed by atoms with van der Waals surface area (Å²) in [5, 5.41) is 2.01. The van der Waals surface area contributed by atoms with E-state index in [1.165, 1.54) is 7.11 Å². The molecule has 5 heteroatoms. The molecule has 1 unspecified atom stereocenters. The third-order valence-corrected chi connectivity index (χ3v) is 2.87. The number of para-hydroxylation sites is 1. The first-order valence-electron chi connectivity index (χ1n) is 5.97. The highest BCUT2D eigenvalue weighted by Crippen LogP contribution is 2.37. The van der Waals surface area contributed by atoms with Gasteiger partial charge in [-0.15, -0.1) is 11.6 Å². The predicted molar refractivity (Wildman–Crippen MR) is 76.0 cm³/mol. The minimum Gasteiger partial charge on any atom is -0.493 e. The normalized spacial score (nSPS) is 12.7. The Hall–Kier alpha value is -1.42. The summed E-state index contributed by atoms with van der Waals surface area (Å²) in [6.45, 7) is 5.70. The molecule has 0 aliphatic rings. The van der Waals surface area contributed by atoms with E-state index < -0.39 is 5.38 Å². The molecule has 4 nitrogen and oxygen atoms in total. The summed E-state index contributed by atoms with van der Waals surface area (Å²) in [6.07, 6.45) is 0. The molecule has 1 aromatic rings. The number of halogens is 1. The fourth-order valence-corrected chi connectivity index (χ4v) is 1.91. The van der Waals surface area contributed by atoms with Crippen LogP contribution in [-0.4, -0.2) is 25.7 Å². The monoisotopic (exact) mass is 285 g/mol. The summed E-state index contributed by atoms with van der Waals surface area (Å²) in [7, 11) is 3.06. The van der Waals surface area contributed by atoms with Crippen molar-refractivity contribution in [2.45, 2.75) is 31.7 Å². The Morgan fingerprint density at radius 3 is 2.37 bits per heavy atom. The van der Waals surface area contributed by atoms with Crippen molar-refractivity contribution in [3.05, 3.63) is 23.8 Å². The van der Waals surface area contributed by atoms with E-state index in [1.807, 2.05) is 20.8 Å². The van der Waals surface area contributed by atoms with E-state index in [9.17, 15) is 4.79 Å². The van der Waals surface area contributed by atoms with Crippen LogP contribution in [0.2, 0.25) is 0 Å².